The molecule has 298 valence electrons. The van der Waals surface area contributed by atoms with Crippen molar-refractivity contribution in [3.8, 4) is 0 Å². The summed E-state index contributed by atoms with van der Waals surface area (Å²) in [5.74, 6) is 2.25. The first-order valence-electron chi connectivity index (χ1n) is 20.0. The molecule has 3 saturated carbocycles. The minimum Gasteiger partial charge on any atom is -0.396 e. The van der Waals surface area contributed by atoms with Gasteiger partial charge in [0, 0.05) is 19.6 Å². The zero-order valence-electron chi connectivity index (χ0n) is 32.0. The van der Waals surface area contributed by atoms with Crippen LogP contribution in [0.3, 0.4) is 0 Å². The maximum atomic E-state index is 14.2. The number of aliphatic hydroxyl groups excluding tert-OH is 6. The van der Waals surface area contributed by atoms with Crippen molar-refractivity contribution < 1.29 is 59.1 Å². The van der Waals surface area contributed by atoms with Gasteiger partial charge in [-0.1, -0.05) is 46.1 Å². The van der Waals surface area contributed by atoms with Crippen molar-refractivity contribution in [1.82, 2.24) is 0 Å². The van der Waals surface area contributed by atoms with Gasteiger partial charge < -0.3 is 54.3 Å². The van der Waals surface area contributed by atoms with Crippen LogP contribution in [0.2, 0.25) is 0 Å². The number of ketones is 1. The van der Waals surface area contributed by atoms with E-state index in [9.17, 15) is 35.4 Å². The summed E-state index contributed by atoms with van der Waals surface area (Å²) in [6, 6.07) is 0. The summed E-state index contributed by atoms with van der Waals surface area (Å²) in [5.41, 5.74) is 1.35. The molecule has 2 saturated heterocycles. The first-order chi connectivity index (χ1) is 24.7. The summed E-state index contributed by atoms with van der Waals surface area (Å²) in [4.78, 5) is 14.2. The van der Waals surface area contributed by atoms with Gasteiger partial charge in [0.25, 0.3) is 0 Å². The fourth-order valence-corrected chi connectivity index (χ4v) is 11.5. The number of hydrogen-bond acceptors (Lipinski definition) is 12. The lowest BCUT2D eigenvalue weighted by atomic mass is 9.47. The summed E-state index contributed by atoms with van der Waals surface area (Å²) in [6.07, 6.45) is -0.982. The van der Waals surface area contributed by atoms with Crippen LogP contribution >= 0.6 is 0 Å². The summed E-state index contributed by atoms with van der Waals surface area (Å²) < 4.78 is 29.6. The number of hydrogen-bond donors (Lipinski definition) is 6. The summed E-state index contributed by atoms with van der Waals surface area (Å²) >= 11 is 0. The predicted octanol–water partition coefficient (Wildman–Crippen LogP) is 2.87. The van der Waals surface area contributed by atoms with Crippen molar-refractivity contribution in [2.75, 3.05) is 20.3 Å². The third-order valence-corrected chi connectivity index (χ3v) is 14.8. The van der Waals surface area contributed by atoms with Crippen LogP contribution in [0.15, 0.2) is 11.6 Å². The van der Waals surface area contributed by atoms with Crippen LogP contribution in [0.4, 0.5) is 0 Å². The molecule has 2 heterocycles. The van der Waals surface area contributed by atoms with E-state index >= 15 is 0 Å². The van der Waals surface area contributed by atoms with E-state index in [0.717, 1.165) is 38.5 Å². The van der Waals surface area contributed by atoms with Gasteiger partial charge >= 0.3 is 0 Å². The molecule has 12 heteroatoms. The van der Waals surface area contributed by atoms with E-state index in [1.165, 1.54) is 25.5 Å². The molecule has 0 aromatic carbocycles. The van der Waals surface area contributed by atoms with E-state index in [1.54, 1.807) is 6.92 Å². The van der Waals surface area contributed by atoms with Crippen LogP contribution in [0, 0.1) is 46.3 Å². The summed E-state index contributed by atoms with van der Waals surface area (Å²) in [6.45, 7) is 10.6. The Bertz CT molecular complexity index is 1260. The van der Waals surface area contributed by atoms with Gasteiger partial charge in [0.15, 0.2) is 18.4 Å². The lowest BCUT2D eigenvalue weighted by molar-refractivity contribution is -0.371. The second-order valence-electron chi connectivity index (χ2n) is 17.9. The zero-order valence-corrected chi connectivity index (χ0v) is 32.0. The second kappa shape index (κ2) is 16.2. The highest BCUT2D eigenvalue weighted by molar-refractivity contribution is 5.94. The van der Waals surface area contributed by atoms with E-state index in [4.69, 9.17) is 23.7 Å². The van der Waals surface area contributed by atoms with E-state index < -0.39 is 74.1 Å². The monoisotopic (exact) mass is 738 g/mol. The molecular formula is C40H66O12. The van der Waals surface area contributed by atoms with Crippen molar-refractivity contribution in [3.05, 3.63) is 11.6 Å². The molecule has 4 aliphatic carbocycles. The van der Waals surface area contributed by atoms with Gasteiger partial charge in [-0.25, -0.2) is 0 Å². The molecule has 0 spiro atoms. The van der Waals surface area contributed by atoms with Crippen molar-refractivity contribution in [2.24, 2.45) is 46.3 Å². The molecule has 6 N–H and O–H groups in total. The van der Waals surface area contributed by atoms with Crippen LogP contribution < -0.4 is 0 Å². The average molecular weight is 739 g/mol. The van der Waals surface area contributed by atoms with Crippen LogP contribution in [0.1, 0.15) is 98.8 Å². The van der Waals surface area contributed by atoms with Crippen LogP contribution in [-0.4, -0.2) is 124 Å². The van der Waals surface area contributed by atoms with Gasteiger partial charge in [-0.3, -0.25) is 4.79 Å². The van der Waals surface area contributed by atoms with Gasteiger partial charge in [0.2, 0.25) is 0 Å². The quantitative estimate of drug-likeness (QED) is 0.172. The highest BCUT2D eigenvalue weighted by Crippen LogP contribution is 2.66. The highest BCUT2D eigenvalue weighted by atomic mass is 16.8. The Morgan fingerprint density at radius 2 is 1.54 bits per heavy atom. The molecule has 19 atom stereocenters. The number of fused-ring (bicyclic) bond motifs is 5. The van der Waals surface area contributed by atoms with Gasteiger partial charge in [-0.15, -0.1) is 0 Å². The number of ether oxygens (including phenoxy) is 5. The fourth-order valence-electron chi connectivity index (χ4n) is 11.5. The van der Waals surface area contributed by atoms with Crippen LogP contribution in [0.5, 0.6) is 0 Å². The third kappa shape index (κ3) is 7.33. The summed E-state index contributed by atoms with van der Waals surface area (Å²) in [7, 11) is 1.36. The Hall–Kier alpha value is -1.03. The van der Waals surface area contributed by atoms with E-state index in [1.807, 2.05) is 6.08 Å². The number of methoxy groups -OCH3 is 1. The Balaban J connectivity index is 1.15. The van der Waals surface area contributed by atoms with Crippen LogP contribution in [-0.2, 0) is 28.5 Å². The average Bonchev–Trinajstić information content (AvgIpc) is 3.48. The van der Waals surface area contributed by atoms with Gasteiger partial charge in [0.05, 0.1) is 18.8 Å². The topological polar surface area (TPSA) is 185 Å². The molecule has 0 bridgehead atoms. The molecule has 5 fully saturated rings. The molecule has 6 aliphatic rings. The van der Waals surface area contributed by atoms with Gasteiger partial charge in [-0.05, 0) is 105 Å². The van der Waals surface area contributed by atoms with Crippen molar-refractivity contribution in [1.29, 1.82) is 0 Å². The molecule has 6 rings (SSSR count). The maximum absolute atomic E-state index is 14.2. The molecule has 19 unspecified atom stereocenters. The second-order valence-corrected chi connectivity index (χ2v) is 17.9. The van der Waals surface area contributed by atoms with Gasteiger partial charge in [-0.2, -0.15) is 0 Å². The Kier molecular flexibility index (Phi) is 12.7. The SMILES string of the molecule is COC1C(O)C(C)OC(OC2C(OC3CCC4(C)C(C3)C(=O)C=C3C4CCC4(C)C3CCC4C(C)CCCC(C)CO)OC(CO)C(O)C2O)C1O. The molecule has 2 aliphatic heterocycles. The zero-order chi connectivity index (χ0) is 37.7. The minimum atomic E-state index is -1.55. The Morgan fingerprint density at radius 1 is 0.827 bits per heavy atom. The number of carbonyl (C=O) groups excluding carboxylic acids is 1. The third-order valence-electron chi connectivity index (χ3n) is 14.8. The smallest absolute Gasteiger partial charge is 0.187 e. The molecule has 52 heavy (non-hydrogen) atoms. The highest BCUT2D eigenvalue weighted by Gasteiger charge is 2.60. The maximum Gasteiger partial charge on any atom is 0.187 e. The largest absolute Gasteiger partial charge is 0.396 e. The minimum absolute atomic E-state index is 0.152. The van der Waals surface area contributed by atoms with Gasteiger partial charge in [0.1, 0.15) is 42.7 Å². The summed E-state index contributed by atoms with van der Waals surface area (Å²) in [5, 5.41) is 62.7. The number of allylic oxidation sites excluding steroid dienone is 2. The van der Waals surface area contributed by atoms with E-state index in [2.05, 4.69) is 27.7 Å². The van der Waals surface area contributed by atoms with E-state index in [-0.39, 0.29) is 29.1 Å². The Morgan fingerprint density at radius 3 is 2.23 bits per heavy atom. The standard InChI is InChI=1S/C40H66O12/c1-20(18-41)8-7-9-21(2)25-10-11-26-24-17-29(43)28-16-23(12-14-40(28,5)27(24)13-15-39(25,26)4)50-38-36(33(46)32(45)30(19-42)51-38)52-37-34(47)35(48-6)31(44)22(3)49-37/h17,20-23,25-28,30-38,41-42,44-47H,7-16,18-19H2,1-6H3. The van der Waals surface area contributed by atoms with E-state index in [0.29, 0.717) is 42.4 Å². The molecule has 0 aromatic heterocycles. The normalized spacial score (nSPS) is 49.0. The van der Waals surface area contributed by atoms with Crippen molar-refractivity contribution in [3.63, 3.8) is 0 Å². The number of rotatable bonds is 12. The van der Waals surface area contributed by atoms with Crippen LogP contribution in [0.25, 0.3) is 0 Å². The molecule has 0 aromatic rings. The Labute approximate surface area is 309 Å². The lowest BCUT2D eigenvalue weighted by Gasteiger charge is -2.57. The molecular weight excluding hydrogens is 672 g/mol. The molecule has 0 radical (unpaired) electrons. The predicted molar refractivity (Wildman–Crippen MR) is 189 cm³/mol. The first kappa shape index (κ1) is 40.6. The molecule has 0 amide bonds. The van der Waals surface area contributed by atoms with Crippen molar-refractivity contribution in [2.45, 2.75) is 166 Å². The lowest BCUT2D eigenvalue weighted by Crippen LogP contribution is -2.64. The van der Waals surface area contributed by atoms with Crippen molar-refractivity contribution >= 4 is 5.78 Å². The first-order valence-corrected chi connectivity index (χ1v) is 20.0. The molecule has 12 nitrogen and oxygen atoms in total. The number of aliphatic hydroxyl groups is 6. The fraction of sp³-hybridized carbons (Fsp3) is 0.925. The number of carbonyl (C=O) groups is 1.